The number of aromatic nitrogens is 1. The van der Waals surface area contributed by atoms with E-state index in [1.807, 2.05) is 55.5 Å². The van der Waals surface area contributed by atoms with Crippen LogP contribution in [0.4, 0.5) is 0 Å². The van der Waals surface area contributed by atoms with E-state index in [2.05, 4.69) is 4.98 Å². The summed E-state index contributed by atoms with van der Waals surface area (Å²) >= 11 is 0. The topological polar surface area (TPSA) is 30.0 Å². The molecule has 0 aliphatic carbocycles. The third-order valence-corrected chi connectivity index (χ3v) is 3.29. The first-order valence-electron chi connectivity index (χ1n) is 6.21. The van der Waals surface area contributed by atoms with Crippen LogP contribution >= 0.6 is 0 Å². The zero-order valence-corrected chi connectivity index (χ0v) is 10.6. The molecule has 0 bridgehead atoms. The fourth-order valence-electron chi connectivity index (χ4n) is 2.29. The Bertz CT molecular complexity index is 757. The lowest BCUT2D eigenvalue weighted by Gasteiger charge is -2.07. The summed E-state index contributed by atoms with van der Waals surface area (Å²) < 4.78 is 0. The van der Waals surface area contributed by atoms with Crippen LogP contribution in [-0.2, 0) is 0 Å². The van der Waals surface area contributed by atoms with Crippen LogP contribution < -0.4 is 0 Å². The minimum absolute atomic E-state index is 0.0300. The van der Waals surface area contributed by atoms with Crippen molar-refractivity contribution in [2.45, 2.75) is 6.92 Å². The van der Waals surface area contributed by atoms with Gasteiger partial charge in [0.2, 0.25) is 0 Å². The van der Waals surface area contributed by atoms with Crippen LogP contribution in [0.15, 0.2) is 60.8 Å². The smallest absolute Gasteiger partial charge is 0.195 e. The molecule has 0 fully saturated rings. The molecule has 1 heterocycles. The van der Waals surface area contributed by atoms with Crippen LogP contribution in [0.1, 0.15) is 21.6 Å². The predicted octanol–water partition coefficient (Wildman–Crippen LogP) is 3.77. The molecule has 0 atom stereocenters. The Hall–Kier alpha value is -2.48. The van der Waals surface area contributed by atoms with Gasteiger partial charge in [0.05, 0.1) is 0 Å². The van der Waals surface area contributed by atoms with Gasteiger partial charge < -0.3 is 0 Å². The molecule has 2 heteroatoms. The highest BCUT2D eigenvalue weighted by Crippen LogP contribution is 2.22. The SMILES string of the molecule is Cc1ncccc1C(=O)c1cccc2ccccc12. The van der Waals surface area contributed by atoms with Gasteiger partial charge >= 0.3 is 0 Å². The summed E-state index contributed by atoms with van der Waals surface area (Å²) in [6.07, 6.45) is 1.70. The average Bonchev–Trinajstić information content (AvgIpc) is 2.46. The molecule has 92 valence electrons. The van der Waals surface area contributed by atoms with E-state index in [4.69, 9.17) is 0 Å². The summed E-state index contributed by atoms with van der Waals surface area (Å²) in [6.45, 7) is 1.86. The number of nitrogens with zero attached hydrogens (tertiary/aromatic N) is 1. The van der Waals surface area contributed by atoms with Gasteiger partial charge in [0.25, 0.3) is 0 Å². The van der Waals surface area contributed by atoms with Gasteiger partial charge in [-0.05, 0) is 29.8 Å². The third kappa shape index (κ3) is 2.02. The highest BCUT2D eigenvalue weighted by Gasteiger charge is 2.14. The molecule has 0 aliphatic heterocycles. The summed E-state index contributed by atoms with van der Waals surface area (Å²) in [7, 11) is 0. The summed E-state index contributed by atoms with van der Waals surface area (Å²) in [6, 6.07) is 17.4. The highest BCUT2D eigenvalue weighted by molar-refractivity contribution is 6.16. The number of aryl methyl sites for hydroxylation is 1. The highest BCUT2D eigenvalue weighted by atomic mass is 16.1. The van der Waals surface area contributed by atoms with Gasteiger partial charge in [0.1, 0.15) is 0 Å². The van der Waals surface area contributed by atoms with E-state index < -0.39 is 0 Å². The molecular weight excluding hydrogens is 234 g/mol. The van der Waals surface area contributed by atoms with Crippen molar-refractivity contribution in [1.29, 1.82) is 0 Å². The number of benzene rings is 2. The van der Waals surface area contributed by atoms with Gasteiger partial charge in [0, 0.05) is 23.0 Å². The molecule has 0 saturated carbocycles. The van der Waals surface area contributed by atoms with Gasteiger partial charge in [-0.1, -0.05) is 42.5 Å². The molecule has 0 amide bonds. The molecule has 0 N–H and O–H groups in total. The van der Waals surface area contributed by atoms with Crippen molar-refractivity contribution in [2.24, 2.45) is 0 Å². The van der Waals surface area contributed by atoms with E-state index in [-0.39, 0.29) is 5.78 Å². The van der Waals surface area contributed by atoms with Crippen LogP contribution in [0.2, 0.25) is 0 Å². The summed E-state index contributed by atoms with van der Waals surface area (Å²) in [5.41, 5.74) is 2.16. The Balaban J connectivity index is 2.20. The van der Waals surface area contributed by atoms with Crippen molar-refractivity contribution >= 4 is 16.6 Å². The summed E-state index contributed by atoms with van der Waals surface area (Å²) in [5, 5.41) is 2.06. The Morgan fingerprint density at radius 3 is 2.47 bits per heavy atom. The Kier molecular flexibility index (Phi) is 2.84. The monoisotopic (exact) mass is 247 g/mol. The van der Waals surface area contributed by atoms with E-state index >= 15 is 0 Å². The normalized spacial score (nSPS) is 10.6. The standard InChI is InChI=1S/C17H13NO/c1-12-14(10-5-11-18-12)17(19)16-9-4-7-13-6-2-3-8-15(13)16/h2-11H,1H3. The maximum Gasteiger partial charge on any atom is 0.195 e. The minimum atomic E-state index is 0.0300. The predicted molar refractivity (Wildman–Crippen MR) is 76.4 cm³/mol. The van der Waals surface area contributed by atoms with E-state index in [1.165, 1.54) is 0 Å². The molecule has 0 radical (unpaired) electrons. The molecule has 0 unspecified atom stereocenters. The molecule has 0 spiro atoms. The first-order valence-corrected chi connectivity index (χ1v) is 6.21. The number of hydrogen-bond donors (Lipinski definition) is 0. The maximum atomic E-state index is 12.6. The first-order chi connectivity index (χ1) is 9.27. The van der Waals surface area contributed by atoms with Crippen LogP contribution in [0.25, 0.3) is 10.8 Å². The number of hydrogen-bond acceptors (Lipinski definition) is 2. The largest absolute Gasteiger partial charge is 0.289 e. The van der Waals surface area contributed by atoms with Gasteiger partial charge in [0.15, 0.2) is 5.78 Å². The quantitative estimate of drug-likeness (QED) is 0.645. The fraction of sp³-hybridized carbons (Fsp3) is 0.0588. The molecule has 3 aromatic rings. The molecule has 1 aromatic heterocycles. The van der Waals surface area contributed by atoms with Crippen molar-refractivity contribution in [1.82, 2.24) is 4.98 Å². The number of fused-ring (bicyclic) bond motifs is 1. The van der Waals surface area contributed by atoms with Crippen molar-refractivity contribution in [2.75, 3.05) is 0 Å². The number of ketones is 1. The molecule has 0 aliphatic rings. The zero-order valence-electron chi connectivity index (χ0n) is 10.6. The van der Waals surface area contributed by atoms with Crippen molar-refractivity contribution in [3.8, 4) is 0 Å². The lowest BCUT2D eigenvalue weighted by molar-refractivity contribution is 0.103. The van der Waals surface area contributed by atoms with Crippen molar-refractivity contribution in [3.05, 3.63) is 77.6 Å². The second-order valence-corrected chi connectivity index (χ2v) is 4.49. The van der Waals surface area contributed by atoms with Crippen LogP contribution in [0.3, 0.4) is 0 Å². The zero-order chi connectivity index (χ0) is 13.2. The lowest BCUT2D eigenvalue weighted by Crippen LogP contribution is -2.05. The second kappa shape index (κ2) is 4.65. The molecule has 2 nitrogen and oxygen atoms in total. The van der Waals surface area contributed by atoms with Crippen molar-refractivity contribution < 1.29 is 4.79 Å². The lowest BCUT2D eigenvalue weighted by atomic mass is 9.97. The second-order valence-electron chi connectivity index (χ2n) is 4.49. The molecule has 2 aromatic carbocycles. The Labute approximate surface area is 111 Å². The van der Waals surface area contributed by atoms with Crippen LogP contribution in [0, 0.1) is 6.92 Å². The average molecular weight is 247 g/mol. The van der Waals surface area contributed by atoms with Crippen LogP contribution in [0.5, 0.6) is 0 Å². The van der Waals surface area contributed by atoms with Crippen LogP contribution in [-0.4, -0.2) is 10.8 Å². The summed E-state index contributed by atoms with van der Waals surface area (Å²) in [4.78, 5) is 16.8. The van der Waals surface area contributed by atoms with E-state index in [0.717, 1.165) is 22.0 Å². The fourth-order valence-corrected chi connectivity index (χ4v) is 2.29. The first kappa shape index (κ1) is 11.6. The summed E-state index contributed by atoms with van der Waals surface area (Å²) in [5.74, 6) is 0.0300. The van der Waals surface area contributed by atoms with Crippen molar-refractivity contribution in [3.63, 3.8) is 0 Å². The van der Waals surface area contributed by atoms with E-state index in [1.54, 1.807) is 12.3 Å². The minimum Gasteiger partial charge on any atom is -0.289 e. The molecule has 3 rings (SSSR count). The number of carbonyl (C=O) groups excluding carboxylic acids is 1. The maximum absolute atomic E-state index is 12.6. The van der Waals surface area contributed by atoms with E-state index in [0.29, 0.717) is 5.56 Å². The number of pyridine rings is 1. The molecule has 0 saturated heterocycles. The van der Waals surface area contributed by atoms with E-state index in [9.17, 15) is 4.79 Å². The van der Waals surface area contributed by atoms with Gasteiger partial charge in [-0.3, -0.25) is 9.78 Å². The number of rotatable bonds is 2. The van der Waals surface area contributed by atoms with Gasteiger partial charge in [-0.15, -0.1) is 0 Å². The number of carbonyl (C=O) groups is 1. The molecular formula is C17H13NO. The van der Waals surface area contributed by atoms with Gasteiger partial charge in [-0.2, -0.15) is 0 Å². The third-order valence-electron chi connectivity index (χ3n) is 3.29. The Morgan fingerprint density at radius 1 is 0.895 bits per heavy atom. The van der Waals surface area contributed by atoms with Gasteiger partial charge in [-0.25, -0.2) is 0 Å². The Morgan fingerprint density at radius 2 is 1.63 bits per heavy atom. The molecule has 19 heavy (non-hydrogen) atoms.